The number of phenols is 1. The number of phenolic OH excluding ortho intramolecular Hbond substituents is 1. The summed E-state index contributed by atoms with van der Waals surface area (Å²) < 4.78 is 0. The summed E-state index contributed by atoms with van der Waals surface area (Å²) in [5, 5.41) is 12.1. The molecule has 1 aromatic carbocycles. The van der Waals surface area contributed by atoms with E-state index in [1.165, 1.54) is 6.07 Å². The summed E-state index contributed by atoms with van der Waals surface area (Å²) in [5.74, 6) is -0.0487. The Kier molecular flexibility index (Phi) is 2.58. The van der Waals surface area contributed by atoms with Gasteiger partial charge >= 0.3 is 0 Å². The maximum absolute atomic E-state index is 10.1. The second-order valence-electron chi connectivity index (χ2n) is 2.37. The molecule has 0 fully saturated rings. The summed E-state index contributed by atoms with van der Waals surface area (Å²) in [6, 6.07) is 4.87. The molecular weight excluding hydrogens is 154 g/mol. The minimum atomic E-state index is -0.0487. The molecule has 1 N–H and O–H groups in total. The first kappa shape index (κ1) is 8.46. The number of allylic oxidation sites excluding steroid dienone is 1. The number of benzene rings is 1. The molecule has 0 aliphatic heterocycles. The molecule has 0 heterocycles. The topological polar surface area (TPSA) is 49.7 Å². The van der Waals surface area contributed by atoms with E-state index < -0.39 is 0 Å². The van der Waals surface area contributed by atoms with Gasteiger partial charge in [-0.05, 0) is 23.2 Å². The first-order valence-corrected chi connectivity index (χ1v) is 3.54. The minimum Gasteiger partial charge on any atom is -0.505 e. The van der Waals surface area contributed by atoms with E-state index >= 15 is 0 Å². The summed E-state index contributed by atoms with van der Waals surface area (Å²) in [4.78, 5) is 10.1. The van der Waals surface area contributed by atoms with Crippen molar-refractivity contribution in [1.29, 1.82) is 0 Å². The molecule has 0 atom stereocenters. The van der Waals surface area contributed by atoms with Crippen LogP contribution in [-0.4, -0.2) is 5.11 Å². The van der Waals surface area contributed by atoms with Crippen molar-refractivity contribution in [3.8, 4) is 5.75 Å². The number of aromatic hydroxyl groups is 1. The van der Waals surface area contributed by atoms with Crippen LogP contribution in [0, 0.1) is 4.91 Å². The predicted molar refractivity (Wildman–Crippen MR) is 47.5 cm³/mol. The van der Waals surface area contributed by atoms with Crippen molar-refractivity contribution in [2.45, 2.75) is 6.42 Å². The van der Waals surface area contributed by atoms with Gasteiger partial charge < -0.3 is 5.11 Å². The second kappa shape index (κ2) is 3.67. The molecule has 0 saturated heterocycles. The van der Waals surface area contributed by atoms with Crippen LogP contribution in [0.2, 0.25) is 0 Å². The number of rotatable bonds is 3. The van der Waals surface area contributed by atoms with Crippen molar-refractivity contribution in [3.05, 3.63) is 41.3 Å². The van der Waals surface area contributed by atoms with Crippen LogP contribution >= 0.6 is 0 Å². The lowest BCUT2D eigenvalue weighted by Gasteiger charge is -2.01. The van der Waals surface area contributed by atoms with Crippen LogP contribution in [0.4, 0.5) is 5.69 Å². The lowest BCUT2D eigenvalue weighted by atomic mass is 10.1. The Morgan fingerprint density at radius 3 is 2.92 bits per heavy atom. The Bertz CT molecular complexity index is 307. The van der Waals surface area contributed by atoms with Gasteiger partial charge in [-0.2, -0.15) is 0 Å². The van der Waals surface area contributed by atoms with Gasteiger partial charge in [0, 0.05) is 0 Å². The molecule has 62 valence electrons. The van der Waals surface area contributed by atoms with Gasteiger partial charge in [-0.1, -0.05) is 18.2 Å². The van der Waals surface area contributed by atoms with Gasteiger partial charge in [-0.3, -0.25) is 0 Å². The van der Waals surface area contributed by atoms with E-state index in [9.17, 15) is 10.0 Å². The molecule has 3 heteroatoms. The zero-order chi connectivity index (χ0) is 8.97. The molecule has 0 unspecified atom stereocenters. The van der Waals surface area contributed by atoms with Crippen molar-refractivity contribution < 1.29 is 5.11 Å². The van der Waals surface area contributed by atoms with Gasteiger partial charge in [0.25, 0.3) is 0 Å². The molecule has 0 radical (unpaired) electrons. The fraction of sp³-hybridized carbons (Fsp3) is 0.111. The van der Waals surface area contributed by atoms with Crippen molar-refractivity contribution >= 4 is 5.69 Å². The number of para-hydroxylation sites is 1. The molecule has 0 aliphatic carbocycles. The molecule has 12 heavy (non-hydrogen) atoms. The van der Waals surface area contributed by atoms with Gasteiger partial charge in [0.2, 0.25) is 0 Å². The van der Waals surface area contributed by atoms with E-state index in [-0.39, 0.29) is 11.4 Å². The zero-order valence-electron chi connectivity index (χ0n) is 6.53. The standard InChI is InChI=1S/C9H9NO2/c1-2-4-7-5-3-6-8(10-12)9(7)11/h2-3,5-6,11H,1,4H2. The van der Waals surface area contributed by atoms with E-state index in [0.717, 1.165) is 0 Å². The van der Waals surface area contributed by atoms with Crippen LogP contribution in [0.5, 0.6) is 5.75 Å². The first-order chi connectivity index (χ1) is 5.79. The molecule has 0 bridgehead atoms. The van der Waals surface area contributed by atoms with Gasteiger partial charge in [-0.25, -0.2) is 0 Å². The van der Waals surface area contributed by atoms with Gasteiger partial charge in [0.1, 0.15) is 11.4 Å². The van der Waals surface area contributed by atoms with Crippen molar-refractivity contribution in [2.24, 2.45) is 5.18 Å². The third kappa shape index (κ3) is 1.50. The van der Waals surface area contributed by atoms with Gasteiger partial charge in [-0.15, -0.1) is 11.5 Å². The number of nitrogens with zero attached hydrogens (tertiary/aromatic N) is 1. The zero-order valence-corrected chi connectivity index (χ0v) is 6.53. The van der Waals surface area contributed by atoms with E-state index in [1.54, 1.807) is 18.2 Å². The van der Waals surface area contributed by atoms with Gasteiger partial charge in [0.05, 0.1) is 0 Å². The Morgan fingerprint density at radius 1 is 1.58 bits per heavy atom. The SMILES string of the molecule is C=CCc1cccc(N=O)c1O. The highest BCUT2D eigenvalue weighted by Gasteiger charge is 2.04. The monoisotopic (exact) mass is 163 g/mol. The van der Waals surface area contributed by atoms with E-state index in [1.807, 2.05) is 0 Å². The summed E-state index contributed by atoms with van der Waals surface area (Å²) in [7, 11) is 0. The second-order valence-corrected chi connectivity index (χ2v) is 2.37. The molecule has 1 aromatic rings. The third-order valence-corrected chi connectivity index (χ3v) is 1.56. The van der Waals surface area contributed by atoms with E-state index in [0.29, 0.717) is 12.0 Å². The maximum atomic E-state index is 10.1. The number of nitroso groups, excluding NO2 is 1. The average molecular weight is 163 g/mol. The Hall–Kier alpha value is -1.64. The summed E-state index contributed by atoms with van der Waals surface area (Å²) in [6.07, 6.45) is 2.19. The highest BCUT2D eigenvalue weighted by molar-refractivity contribution is 5.55. The minimum absolute atomic E-state index is 0.0487. The van der Waals surface area contributed by atoms with E-state index in [2.05, 4.69) is 11.8 Å². The smallest absolute Gasteiger partial charge is 0.149 e. The number of hydrogen-bond acceptors (Lipinski definition) is 3. The molecular formula is C9H9NO2. The highest BCUT2D eigenvalue weighted by Crippen LogP contribution is 2.29. The lowest BCUT2D eigenvalue weighted by molar-refractivity contribution is 0.471. The van der Waals surface area contributed by atoms with Crippen LogP contribution in [0.3, 0.4) is 0 Å². The van der Waals surface area contributed by atoms with Crippen LogP contribution in [-0.2, 0) is 6.42 Å². The maximum Gasteiger partial charge on any atom is 0.149 e. The largest absolute Gasteiger partial charge is 0.505 e. The summed E-state index contributed by atoms with van der Waals surface area (Å²) >= 11 is 0. The van der Waals surface area contributed by atoms with Crippen LogP contribution in [0.1, 0.15) is 5.56 Å². The Morgan fingerprint density at radius 2 is 2.33 bits per heavy atom. The highest BCUT2D eigenvalue weighted by atomic mass is 16.3. The summed E-state index contributed by atoms with van der Waals surface area (Å²) in [5.41, 5.74) is 0.747. The fourth-order valence-electron chi connectivity index (χ4n) is 0.972. The van der Waals surface area contributed by atoms with Crippen LogP contribution in [0.25, 0.3) is 0 Å². The molecule has 3 nitrogen and oxygen atoms in total. The lowest BCUT2D eigenvalue weighted by Crippen LogP contribution is -1.81. The average Bonchev–Trinajstić information content (AvgIpc) is 2.09. The molecule has 0 aliphatic rings. The molecule has 0 spiro atoms. The van der Waals surface area contributed by atoms with E-state index in [4.69, 9.17) is 0 Å². The normalized spacial score (nSPS) is 9.33. The Balaban J connectivity index is 3.12. The molecule has 0 aromatic heterocycles. The van der Waals surface area contributed by atoms with Crippen molar-refractivity contribution in [3.63, 3.8) is 0 Å². The van der Waals surface area contributed by atoms with Crippen LogP contribution < -0.4 is 0 Å². The van der Waals surface area contributed by atoms with Crippen molar-refractivity contribution in [1.82, 2.24) is 0 Å². The van der Waals surface area contributed by atoms with Gasteiger partial charge in [0.15, 0.2) is 0 Å². The fourth-order valence-corrected chi connectivity index (χ4v) is 0.972. The summed E-state index contributed by atoms with van der Waals surface area (Å²) in [6.45, 7) is 3.53. The van der Waals surface area contributed by atoms with Crippen molar-refractivity contribution in [2.75, 3.05) is 0 Å². The molecule has 0 amide bonds. The Labute approximate surface area is 70.3 Å². The quantitative estimate of drug-likeness (QED) is 0.549. The van der Waals surface area contributed by atoms with Crippen LogP contribution in [0.15, 0.2) is 36.0 Å². The number of hydrogen-bond donors (Lipinski definition) is 1. The first-order valence-electron chi connectivity index (χ1n) is 3.54. The molecule has 0 saturated carbocycles. The third-order valence-electron chi connectivity index (χ3n) is 1.56. The predicted octanol–water partition coefficient (Wildman–Crippen LogP) is 2.52. The molecule has 1 rings (SSSR count).